The molecule has 1 aliphatic heterocycles. The van der Waals surface area contributed by atoms with Gasteiger partial charge in [-0.25, -0.2) is 17.2 Å². The quantitative estimate of drug-likeness (QED) is 0.929. The van der Waals surface area contributed by atoms with Crippen molar-refractivity contribution in [2.24, 2.45) is 5.73 Å². The highest BCUT2D eigenvalue weighted by Crippen LogP contribution is 2.35. The molecule has 0 radical (unpaired) electrons. The summed E-state index contributed by atoms with van der Waals surface area (Å²) in [5.74, 6) is -2.53. The fraction of sp³-hybridized carbons (Fsp3) is 0.538. The third kappa shape index (κ3) is 2.45. The van der Waals surface area contributed by atoms with Crippen LogP contribution in [0.4, 0.5) is 8.78 Å². The molecule has 1 saturated heterocycles. The molecule has 1 aromatic carbocycles. The van der Waals surface area contributed by atoms with E-state index in [2.05, 4.69) is 0 Å². The van der Waals surface area contributed by atoms with Crippen LogP contribution in [-0.2, 0) is 16.6 Å². The number of rotatable bonds is 3. The number of halogens is 2. The second-order valence-corrected chi connectivity index (χ2v) is 7.42. The minimum Gasteiger partial charge on any atom is -0.326 e. The van der Waals surface area contributed by atoms with Gasteiger partial charge in [0.15, 0.2) is 11.6 Å². The monoisotopic (exact) mass is 304 g/mol. The molecular formula is C13H18F2N2O2S. The number of hydrogen-bond donors (Lipinski definition) is 1. The van der Waals surface area contributed by atoms with E-state index in [0.717, 1.165) is 12.1 Å². The highest BCUT2D eigenvalue weighted by Gasteiger charge is 2.42. The maximum atomic E-state index is 13.9. The van der Waals surface area contributed by atoms with Gasteiger partial charge in [-0.1, -0.05) is 0 Å². The van der Waals surface area contributed by atoms with Crippen molar-refractivity contribution in [1.82, 2.24) is 4.31 Å². The molecular weight excluding hydrogens is 286 g/mol. The van der Waals surface area contributed by atoms with Gasteiger partial charge < -0.3 is 5.73 Å². The van der Waals surface area contributed by atoms with Crippen molar-refractivity contribution in [2.45, 2.75) is 43.7 Å². The highest BCUT2D eigenvalue weighted by atomic mass is 32.2. The van der Waals surface area contributed by atoms with Gasteiger partial charge in [0, 0.05) is 18.6 Å². The van der Waals surface area contributed by atoms with Gasteiger partial charge in [0.05, 0.1) is 0 Å². The van der Waals surface area contributed by atoms with E-state index in [1.165, 1.54) is 4.31 Å². The molecule has 4 nitrogen and oxygen atoms in total. The van der Waals surface area contributed by atoms with Gasteiger partial charge in [0.2, 0.25) is 10.0 Å². The first-order valence-corrected chi connectivity index (χ1v) is 7.85. The molecule has 1 fully saturated rings. The summed E-state index contributed by atoms with van der Waals surface area (Å²) in [6.07, 6.45) is 1.39. The highest BCUT2D eigenvalue weighted by molar-refractivity contribution is 7.89. The summed E-state index contributed by atoms with van der Waals surface area (Å²) in [4.78, 5) is -0.632. The van der Waals surface area contributed by atoms with Gasteiger partial charge in [0.25, 0.3) is 0 Å². The zero-order chi connectivity index (χ0) is 15.1. The summed E-state index contributed by atoms with van der Waals surface area (Å²) in [6.45, 7) is 3.81. The van der Waals surface area contributed by atoms with E-state index in [1.807, 2.05) is 0 Å². The zero-order valence-corrected chi connectivity index (χ0v) is 12.3. The first-order valence-electron chi connectivity index (χ1n) is 6.41. The van der Waals surface area contributed by atoms with Crippen molar-refractivity contribution < 1.29 is 17.2 Å². The van der Waals surface area contributed by atoms with Crippen molar-refractivity contribution in [1.29, 1.82) is 0 Å². The molecule has 0 unspecified atom stereocenters. The minimum absolute atomic E-state index is 0.0525. The molecule has 20 heavy (non-hydrogen) atoms. The molecule has 1 aliphatic rings. The number of nitrogens with two attached hydrogens (primary N) is 1. The number of benzene rings is 1. The van der Waals surface area contributed by atoms with Gasteiger partial charge in [-0.3, -0.25) is 0 Å². The molecule has 0 saturated carbocycles. The summed E-state index contributed by atoms with van der Waals surface area (Å²) < 4.78 is 53.8. The van der Waals surface area contributed by atoms with Crippen LogP contribution in [0.25, 0.3) is 0 Å². The Balaban J connectivity index is 2.58. The summed E-state index contributed by atoms with van der Waals surface area (Å²) in [7, 11) is -4.07. The van der Waals surface area contributed by atoms with Gasteiger partial charge in [-0.2, -0.15) is 4.31 Å². The normalized spacial score (nSPS) is 19.4. The molecule has 2 rings (SSSR count). The summed E-state index contributed by atoms with van der Waals surface area (Å²) in [5.41, 5.74) is 5.04. The van der Waals surface area contributed by atoms with Crippen LogP contribution in [0.15, 0.2) is 17.0 Å². The van der Waals surface area contributed by atoms with Gasteiger partial charge in [-0.15, -0.1) is 0 Å². The van der Waals surface area contributed by atoms with Gasteiger partial charge in [0.1, 0.15) is 4.90 Å². The Kier molecular flexibility index (Phi) is 3.88. The van der Waals surface area contributed by atoms with E-state index in [9.17, 15) is 17.2 Å². The summed E-state index contributed by atoms with van der Waals surface area (Å²) >= 11 is 0. The Bertz CT molecular complexity index is 630. The Labute approximate surface area is 117 Å². The van der Waals surface area contributed by atoms with Crippen molar-refractivity contribution in [2.75, 3.05) is 6.54 Å². The zero-order valence-electron chi connectivity index (χ0n) is 11.5. The number of hydrogen-bond acceptors (Lipinski definition) is 3. The molecule has 1 heterocycles. The van der Waals surface area contributed by atoms with Crippen LogP contribution in [0.2, 0.25) is 0 Å². The third-order valence-electron chi connectivity index (χ3n) is 3.68. The summed E-state index contributed by atoms with van der Waals surface area (Å²) in [6, 6.07) is 2.03. The largest absolute Gasteiger partial charge is 0.326 e. The predicted octanol–water partition coefficient (Wildman–Crippen LogP) is 1.99. The van der Waals surface area contributed by atoms with Gasteiger partial charge in [-0.05, 0) is 44.4 Å². The van der Waals surface area contributed by atoms with Crippen LogP contribution in [-0.4, -0.2) is 24.8 Å². The minimum atomic E-state index is -4.07. The molecule has 0 spiro atoms. The SMILES string of the molecule is CC1(C)CCCN1S(=O)(=O)c1cc(CN)cc(F)c1F. The van der Waals surface area contributed by atoms with Crippen LogP contribution < -0.4 is 5.73 Å². The number of nitrogens with zero attached hydrogens (tertiary/aromatic N) is 1. The topological polar surface area (TPSA) is 63.4 Å². The van der Waals surface area contributed by atoms with Crippen molar-refractivity contribution in [3.8, 4) is 0 Å². The fourth-order valence-corrected chi connectivity index (χ4v) is 4.54. The van der Waals surface area contributed by atoms with Crippen LogP contribution in [0.1, 0.15) is 32.3 Å². The second kappa shape index (κ2) is 5.05. The Morgan fingerprint density at radius 2 is 2.00 bits per heavy atom. The average molecular weight is 304 g/mol. The Morgan fingerprint density at radius 3 is 2.50 bits per heavy atom. The van der Waals surface area contributed by atoms with E-state index >= 15 is 0 Å². The lowest BCUT2D eigenvalue weighted by Crippen LogP contribution is -2.42. The average Bonchev–Trinajstić information content (AvgIpc) is 2.72. The molecule has 112 valence electrons. The van der Waals surface area contributed by atoms with Crippen molar-refractivity contribution in [3.63, 3.8) is 0 Å². The lowest BCUT2D eigenvalue weighted by Gasteiger charge is -2.30. The van der Waals surface area contributed by atoms with E-state index in [0.29, 0.717) is 19.4 Å². The molecule has 7 heteroatoms. The molecule has 1 aromatic rings. The van der Waals surface area contributed by atoms with Crippen LogP contribution in [0.3, 0.4) is 0 Å². The van der Waals surface area contributed by atoms with Crippen LogP contribution >= 0.6 is 0 Å². The fourth-order valence-electron chi connectivity index (χ4n) is 2.57. The van der Waals surface area contributed by atoms with Crippen LogP contribution in [0, 0.1) is 11.6 Å². The molecule has 0 amide bonds. The van der Waals surface area contributed by atoms with Gasteiger partial charge >= 0.3 is 0 Å². The Morgan fingerprint density at radius 1 is 1.35 bits per heavy atom. The Hall–Kier alpha value is -1.05. The molecule has 0 aromatic heterocycles. The van der Waals surface area contributed by atoms with E-state index in [4.69, 9.17) is 5.73 Å². The maximum absolute atomic E-state index is 13.9. The summed E-state index contributed by atoms with van der Waals surface area (Å²) in [5, 5.41) is 0. The van der Waals surface area contributed by atoms with Crippen molar-refractivity contribution >= 4 is 10.0 Å². The van der Waals surface area contributed by atoms with E-state index in [-0.39, 0.29) is 12.1 Å². The molecule has 0 bridgehead atoms. The third-order valence-corrected chi connectivity index (χ3v) is 5.79. The van der Waals surface area contributed by atoms with E-state index in [1.54, 1.807) is 13.8 Å². The predicted molar refractivity (Wildman–Crippen MR) is 71.5 cm³/mol. The molecule has 0 atom stereocenters. The number of sulfonamides is 1. The maximum Gasteiger partial charge on any atom is 0.246 e. The first-order chi connectivity index (χ1) is 9.20. The van der Waals surface area contributed by atoms with Crippen LogP contribution in [0.5, 0.6) is 0 Å². The molecule has 0 aliphatic carbocycles. The van der Waals surface area contributed by atoms with E-state index < -0.39 is 32.1 Å². The standard InChI is InChI=1S/C13H18F2N2O2S/c1-13(2)4-3-5-17(13)20(18,19)11-7-9(8-16)6-10(14)12(11)15/h6-7H,3-5,8,16H2,1-2H3. The smallest absolute Gasteiger partial charge is 0.246 e. The second-order valence-electron chi connectivity index (χ2n) is 5.59. The first kappa shape index (κ1) is 15.3. The molecule has 2 N–H and O–H groups in total. The van der Waals surface area contributed by atoms with Crippen molar-refractivity contribution in [3.05, 3.63) is 29.3 Å². The lowest BCUT2D eigenvalue weighted by atomic mass is 10.0. The lowest BCUT2D eigenvalue weighted by molar-refractivity contribution is 0.290.